The Morgan fingerprint density at radius 1 is 1.32 bits per heavy atom. The number of hydrogen-bond donors (Lipinski definition) is 2. The van der Waals surface area contributed by atoms with Crippen molar-refractivity contribution in [1.82, 2.24) is 5.32 Å². The van der Waals surface area contributed by atoms with Crippen LogP contribution < -0.4 is 5.32 Å². The van der Waals surface area contributed by atoms with Crippen molar-refractivity contribution < 1.29 is 9.90 Å². The van der Waals surface area contributed by atoms with Gasteiger partial charge in [0.2, 0.25) is 0 Å². The normalized spacial score (nSPS) is 20.3. The van der Waals surface area contributed by atoms with E-state index in [-0.39, 0.29) is 23.5 Å². The maximum atomic E-state index is 10.9. The van der Waals surface area contributed by atoms with Gasteiger partial charge in [0, 0.05) is 16.0 Å². The molecule has 1 aliphatic heterocycles. The van der Waals surface area contributed by atoms with E-state index in [2.05, 4.69) is 39.1 Å². The van der Waals surface area contributed by atoms with Crippen molar-refractivity contribution in [3.05, 3.63) is 28.0 Å². The van der Waals surface area contributed by atoms with Crippen LogP contribution in [0.2, 0.25) is 0 Å². The Morgan fingerprint density at radius 2 is 1.95 bits per heavy atom. The molecule has 0 bridgehead atoms. The minimum Gasteiger partial charge on any atom is -0.477 e. The van der Waals surface area contributed by atoms with Gasteiger partial charge in [-0.15, -0.1) is 23.7 Å². The molecule has 0 amide bonds. The smallest absolute Gasteiger partial charge is 0.345 e. The number of hydrogen-bond acceptors (Lipinski definition) is 3. The van der Waals surface area contributed by atoms with Gasteiger partial charge in [0.05, 0.1) is 0 Å². The number of nitrogens with one attached hydrogen (secondary N) is 1. The van der Waals surface area contributed by atoms with Crippen LogP contribution in [0.4, 0.5) is 0 Å². The Hall–Kier alpha value is -0.840. The monoisotopic (exact) mass is 301 g/mol. The molecule has 5 heteroatoms. The van der Waals surface area contributed by atoms with Crippen LogP contribution in [-0.4, -0.2) is 22.2 Å². The van der Waals surface area contributed by atoms with Crippen molar-refractivity contribution >= 4 is 35.3 Å². The molecule has 0 aromatic carbocycles. The number of carbonyl (C=O) groups is 1. The number of rotatable bonds is 2. The van der Waals surface area contributed by atoms with Gasteiger partial charge in [-0.05, 0) is 51.8 Å². The predicted molar refractivity (Wildman–Crippen MR) is 82.4 cm³/mol. The maximum absolute atomic E-state index is 10.9. The number of halogens is 1. The molecule has 19 heavy (non-hydrogen) atoms. The summed E-state index contributed by atoms with van der Waals surface area (Å²) in [5.41, 5.74) is 1.20. The van der Waals surface area contributed by atoms with Crippen LogP contribution in [0.1, 0.15) is 48.7 Å². The van der Waals surface area contributed by atoms with Crippen molar-refractivity contribution in [3.8, 4) is 0 Å². The molecular weight excluding hydrogens is 282 g/mol. The zero-order valence-electron chi connectivity index (χ0n) is 11.6. The molecule has 2 N–H and O–H groups in total. The van der Waals surface area contributed by atoms with E-state index in [0.717, 1.165) is 11.3 Å². The molecule has 0 aliphatic carbocycles. The average Bonchev–Trinajstić information content (AvgIpc) is 2.60. The standard InChI is InChI=1S/C14H19NO2S.ClH/c1-13(2)7-9(8-14(3,4)15-13)10-5-6-11(18-10)12(16)17;/h5-7,15H,8H2,1-4H3,(H,16,17);1H. The van der Waals surface area contributed by atoms with Gasteiger partial charge in [-0.2, -0.15) is 0 Å². The highest BCUT2D eigenvalue weighted by atomic mass is 35.5. The van der Waals surface area contributed by atoms with Gasteiger partial charge in [0.15, 0.2) is 0 Å². The molecule has 0 saturated heterocycles. The maximum Gasteiger partial charge on any atom is 0.345 e. The molecule has 0 atom stereocenters. The fraction of sp³-hybridized carbons (Fsp3) is 0.500. The van der Waals surface area contributed by atoms with Crippen LogP contribution in [0.5, 0.6) is 0 Å². The second-order valence-corrected chi connectivity index (χ2v) is 7.13. The molecule has 1 aromatic heterocycles. The van der Waals surface area contributed by atoms with Crippen molar-refractivity contribution in [2.24, 2.45) is 0 Å². The molecule has 2 rings (SSSR count). The first-order chi connectivity index (χ1) is 8.19. The fourth-order valence-electron chi connectivity index (χ4n) is 2.70. The van der Waals surface area contributed by atoms with E-state index in [1.807, 2.05) is 6.07 Å². The fourth-order valence-corrected chi connectivity index (χ4v) is 3.56. The van der Waals surface area contributed by atoms with Gasteiger partial charge in [0.25, 0.3) is 0 Å². The van der Waals surface area contributed by atoms with Gasteiger partial charge in [-0.1, -0.05) is 6.08 Å². The van der Waals surface area contributed by atoms with E-state index in [1.54, 1.807) is 6.07 Å². The molecule has 106 valence electrons. The first kappa shape index (κ1) is 16.2. The molecule has 0 radical (unpaired) electrons. The van der Waals surface area contributed by atoms with E-state index in [9.17, 15) is 4.79 Å². The van der Waals surface area contributed by atoms with Crippen LogP contribution in [-0.2, 0) is 0 Å². The number of aromatic carboxylic acids is 1. The lowest BCUT2D eigenvalue weighted by Crippen LogP contribution is -2.53. The summed E-state index contributed by atoms with van der Waals surface area (Å²) in [6, 6.07) is 3.60. The van der Waals surface area contributed by atoms with E-state index in [4.69, 9.17) is 5.11 Å². The molecule has 1 aliphatic rings. The molecule has 0 fully saturated rings. The second kappa shape index (κ2) is 5.27. The molecule has 0 spiro atoms. The van der Waals surface area contributed by atoms with Gasteiger partial charge in [0.1, 0.15) is 4.88 Å². The van der Waals surface area contributed by atoms with Crippen LogP contribution in [0, 0.1) is 0 Å². The highest BCUT2D eigenvalue weighted by molar-refractivity contribution is 7.15. The van der Waals surface area contributed by atoms with Gasteiger partial charge >= 0.3 is 5.97 Å². The van der Waals surface area contributed by atoms with Crippen molar-refractivity contribution in [2.45, 2.75) is 45.2 Å². The predicted octanol–water partition coefficient (Wildman–Crippen LogP) is 3.80. The van der Waals surface area contributed by atoms with Gasteiger partial charge < -0.3 is 10.4 Å². The van der Waals surface area contributed by atoms with Crippen molar-refractivity contribution in [1.29, 1.82) is 0 Å². The lowest BCUT2D eigenvalue weighted by molar-refractivity contribution is 0.0702. The Bertz CT molecular complexity index is 517. The molecule has 1 aromatic rings. The van der Waals surface area contributed by atoms with Gasteiger partial charge in [-0.3, -0.25) is 0 Å². The summed E-state index contributed by atoms with van der Waals surface area (Å²) in [6.07, 6.45) is 3.12. The van der Waals surface area contributed by atoms with E-state index >= 15 is 0 Å². The first-order valence-electron chi connectivity index (χ1n) is 6.03. The van der Waals surface area contributed by atoms with Crippen LogP contribution in [0.15, 0.2) is 18.2 Å². The highest BCUT2D eigenvalue weighted by Gasteiger charge is 2.32. The quantitative estimate of drug-likeness (QED) is 0.873. The summed E-state index contributed by atoms with van der Waals surface area (Å²) < 4.78 is 0. The SMILES string of the molecule is CC1(C)C=C(c2ccc(C(=O)O)s2)CC(C)(C)N1.Cl. The van der Waals surface area contributed by atoms with E-state index in [0.29, 0.717) is 4.88 Å². The summed E-state index contributed by atoms with van der Waals surface area (Å²) in [5, 5.41) is 12.6. The van der Waals surface area contributed by atoms with Crippen molar-refractivity contribution in [2.75, 3.05) is 0 Å². The summed E-state index contributed by atoms with van der Waals surface area (Å²) in [7, 11) is 0. The number of thiophene rings is 1. The zero-order chi connectivity index (χ0) is 13.6. The highest BCUT2D eigenvalue weighted by Crippen LogP contribution is 2.36. The van der Waals surface area contributed by atoms with Crippen LogP contribution in [0.25, 0.3) is 5.57 Å². The summed E-state index contributed by atoms with van der Waals surface area (Å²) in [4.78, 5) is 12.4. The van der Waals surface area contributed by atoms with Gasteiger partial charge in [-0.25, -0.2) is 4.79 Å². The van der Waals surface area contributed by atoms with Crippen LogP contribution >= 0.6 is 23.7 Å². The molecular formula is C14H20ClNO2S. The summed E-state index contributed by atoms with van der Waals surface area (Å²) >= 11 is 1.35. The van der Waals surface area contributed by atoms with E-state index < -0.39 is 5.97 Å². The first-order valence-corrected chi connectivity index (χ1v) is 6.85. The Morgan fingerprint density at radius 3 is 2.42 bits per heavy atom. The van der Waals surface area contributed by atoms with E-state index in [1.165, 1.54) is 16.9 Å². The third-order valence-electron chi connectivity index (χ3n) is 2.96. The minimum absolute atomic E-state index is 0. The average molecular weight is 302 g/mol. The Labute approximate surface area is 124 Å². The molecule has 3 nitrogen and oxygen atoms in total. The molecule has 0 unspecified atom stereocenters. The Balaban J connectivity index is 0.00000180. The summed E-state index contributed by atoms with van der Waals surface area (Å²) in [6.45, 7) is 8.63. The third kappa shape index (κ3) is 3.81. The number of carboxylic acids is 1. The number of carboxylic acid groups (broad SMARTS) is 1. The topological polar surface area (TPSA) is 49.3 Å². The Kier molecular flexibility index (Phi) is 4.50. The summed E-state index contributed by atoms with van der Waals surface area (Å²) in [5.74, 6) is -0.848. The minimum atomic E-state index is -0.848. The molecule has 0 saturated carbocycles. The third-order valence-corrected chi connectivity index (χ3v) is 4.11. The lowest BCUT2D eigenvalue weighted by Gasteiger charge is -2.41. The molecule has 2 heterocycles. The van der Waals surface area contributed by atoms with Crippen LogP contribution in [0.3, 0.4) is 0 Å². The zero-order valence-corrected chi connectivity index (χ0v) is 13.2. The van der Waals surface area contributed by atoms with Crippen molar-refractivity contribution in [3.63, 3.8) is 0 Å². The second-order valence-electron chi connectivity index (χ2n) is 6.05. The largest absolute Gasteiger partial charge is 0.477 e. The lowest BCUT2D eigenvalue weighted by atomic mass is 9.83.